The van der Waals surface area contributed by atoms with E-state index in [4.69, 9.17) is 14.3 Å². The molecule has 0 aliphatic rings. The van der Waals surface area contributed by atoms with Gasteiger partial charge in [-0.3, -0.25) is 0 Å². The Bertz CT molecular complexity index is 775. The first kappa shape index (κ1) is 18.0. The average Bonchev–Trinajstić information content (AvgIpc) is 2.55. The number of aryl methyl sites for hydroxylation is 1. The lowest BCUT2D eigenvalue weighted by Crippen LogP contribution is -2.25. The van der Waals surface area contributed by atoms with E-state index in [1.807, 2.05) is 13.0 Å². The molecule has 0 bridgehead atoms. The third-order valence-corrected chi connectivity index (χ3v) is 4.21. The summed E-state index contributed by atoms with van der Waals surface area (Å²) in [6, 6.07) is 5.13. The second-order valence-corrected chi connectivity index (χ2v) is 5.96. The van der Waals surface area contributed by atoms with Gasteiger partial charge < -0.3 is 14.3 Å². The molecule has 24 heavy (non-hydrogen) atoms. The molecule has 1 atom stereocenters. The molecule has 130 valence electrons. The van der Waals surface area contributed by atoms with Gasteiger partial charge in [0.15, 0.2) is 6.10 Å². The average molecular weight is 332 g/mol. The van der Waals surface area contributed by atoms with E-state index in [1.165, 1.54) is 0 Å². The minimum absolute atomic E-state index is 0.321. The number of ether oxygens (including phenoxy) is 1. The van der Waals surface area contributed by atoms with Crippen LogP contribution in [0.2, 0.25) is 0 Å². The van der Waals surface area contributed by atoms with Crippen LogP contribution in [-0.2, 0) is 11.2 Å². The molecule has 1 heterocycles. The van der Waals surface area contributed by atoms with E-state index >= 15 is 0 Å². The van der Waals surface area contributed by atoms with E-state index in [2.05, 4.69) is 6.92 Å². The van der Waals surface area contributed by atoms with Gasteiger partial charge in [0.1, 0.15) is 11.3 Å². The molecular formula is C19H24O5. The van der Waals surface area contributed by atoms with Crippen molar-refractivity contribution in [2.75, 3.05) is 0 Å². The van der Waals surface area contributed by atoms with Crippen molar-refractivity contribution in [2.24, 2.45) is 0 Å². The first-order valence-corrected chi connectivity index (χ1v) is 8.43. The van der Waals surface area contributed by atoms with Crippen LogP contribution in [0.3, 0.4) is 0 Å². The normalized spacial score (nSPS) is 12.3. The van der Waals surface area contributed by atoms with Crippen molar-refractivity contribution in [1.29, 1.82) is 0 Å². The molecule has 0 fully saturated rings. The monoisotopic (exact) mass is 332 g/mol. The minimum Gasteiger partial charge on any atom is -0.479 e. The SMILES string of the molecule is CCCCCc1c(C)c2ccc(O[C@H](CC)C(=O)O)cc2oc1=O. The lowest BCUT2D eigenvalue weighted by Gasteiger charge is -2.14. The Morgan fingerprint density at radius 3 is 2.67 bits per heavy atom. The quantitative estimate of drug-likeness (QED) is 0.582. The number of hydrogen-bond donors (Lipinski definition) is 1. The molecule has 1 aromatic carbocycles. The molecule has 5 heteroatoms. The zero-order valence-electron chi connectivity index (χ0n) is 14.4. The highest BCUT2D eigenvalue weighted by Crippen LogP contribution is 2.25. The summed E-state index contributed by atoms with van der Waals surface area (Å²) >= 11 is 0. The maximum absolute atomic E-state index is 12.2. The molecule has 0 aliphatic heterocycles. The van der Waals surface area contributed by atoms with E-state index < -0.39 is 12.1 Å². The van der Waals surface area contributed by atoms with Gasteiger partial charge in [-0.2, -0.15) is 0 Å². The van der Waals surface area contributed by atoms with Crippen molar-refractivity contribution in [3.05, 3.63) is 39.7 Å². The summed E-state index contributed by atoms with van der Waals surface area (Å²) in [7, 11) is 0. The predicted octanol–water partition coefficient (Wildman–Crippen LogP) is 4.08. The predicted molar refractivity (Wildman–Crippen MR) is 92.8 cm³/mol. The smallest absolute Gasteiger partial charge is 0.344 e. The largest absolute Gasteiger partial charge is 0.479 e. The van der Waals surface area contributed by atoms with Gasteiger partial charge in [-0.1, -0.05) is 26.7 Å². The minimum atomic E-state index is -1.01. The highest BCUT2D eigenvalue weighted by Gasteiger charge is 2.18. The maximum atomic E-state index is 12.2. The van der Waals surface area contributed by atoms with Crippen molar-refractivity contribution < 1.29 is 19.1 Å². The lowest BCUT2D eigenvalue weighted by atomic mass is 10.0. The molecule has 0 unspecified atom stereocenters. The fraction of sp³-hybridized carbons (Fsp3) is 0.474. The van der Waals surface area contributed by atoms with E-state index in [1.54, 1.807) is 19.1 Å². The fourth-order valence-corrected chi connectivity index (χ4v) is 2.76. The molecule has 0 saturated carbocycles. The number of carbonyl (C=O) groups is 1. The molecule has 2 aromatic rings. The maximum Gasteiger partial charge on any atom is 0.344 e. The highest BCUT2D eigenvalue weighted by atomic mass is 16.5. The molecule has 0 spiro atoms. The summed E-state index contributed by atoms with van der Waals surface area (Å²) in [5.41, 5.74) is 1.75. The molecule has 0 aliphatic carbocycles. The van der Waals surface area contributed by atoms with Crippen LogP contribution in [0.25, 0.3) is 11.0 Å². The number of carboxylic acid groups (broad SMARTS) is 1. The van der Waals surface area contributed by atoms with E-state index in [0.29, 0.717) is 24.2 Å². The van der Waals surface area contributed by atoms with Crippen molar-refractivity contribution >= 4 is 16.9 Å². The summed E-state index contributed by atoms with van der Waals surface area (Å²) in [5, 5.41) is 9.93. The third-order valence-electron chi connectivity index (χ3n) is 4.21. The lowest BCUT2D eigenvalue weighted by molar-refractivity contribution is -0.145. The Balaban J connectivity index is 2.35. The molecule has 0 amide bonds. The zero-order chi connectivity index (χ0) is 17.7. The zero-order valence-corrected chi connectivity index (χ0v) is 14.4. The van der Waals surface area contributed by atoms with Gasteiger partial charge in [0, 0.05) is 17.0 Å². The van der Waals surface area contributed by atoms with E-state index in [9.17, 15) is 9.59 Å². The number of fused-ring (bicyclic) bond motifs is 1. The number of benzene rings is 1. The van der Waals surface area contributed by atoms with Crippen LogP contribution in [0.1, 0.15) is 50.7 Å². The molecule has 1 N–H and O–H groups in total. The number of hydrogen-bond acceptors (Lipinski definition) is 4. The molecule has 2 rings (SSSR count). The van der Waals surface area contributed by atoms with Crippen LogP contribution >= 0.6 is 0 Å². The van der Waals surface area contributed by atoms with Crippen molar-refractivity contribution in [2.45, 2.75) is 59.0 Å². The summed E-state index contributed by atoms with van der Waals surface area (Å²) in [6.07, 6.45) is 3.30. The van der Waals surface area contributed by atoms with Crippen LogP contribution in [-0.4, -0.2) is 17.2 Å². The van der Waals surface area contributed by atoms with Crippen LogP contribution in [0, 0.1) is 6.92 Å². The Hall–Kier alpha value is -2.30. The standard InChI is InChI=1S/C19H24O5/c1-4-6-7-8-15-12(3)14-10-9-13(11-17(14)24-19(15)22)23-16(5-2)18(20)21/h9-11,16H,4-8H2,1-3H3,(H,20,21)/t16-/m1/s1. The summed E-state index contributed by atoms with van der Waals surface area (Å²) in [4.78, 5) is 23.3. The van der Waals surface area contributed by atoms with Crippen molar-refractivity contribution in [1.82, 2.24) is 0 Å². The molecule has 0 saturated heterocycles. The van der Waals surface area contributed by atoms with Crippen LogP contribution < -0.4 is 10.4 Å². The Labute approximate surface area is 141 Å². The molecule has 0 radical (unpaired) electrons. The summed E-state index contributed by atoms with van der Waals surface area (Å²) in [5.74, 6) is -0.625. The third kappa shape index (κ3) is 3.96. The fourth-order valence-electron chi connectivity index (χ4n) is 2.76. The van der Waals surface area contributed by atoms with E-state index in [-0.39, 0.29) is 5.63 Å². The first-order chi connectivity index (χ1) is 11.5. The van der Waals surface area contributed by atoms with Crippen LogP contribution in [0.5, 0.6) is 5.75 Å². The number of carboxylic acids is 1. The van der Waals surface area contributed by atoms with Crippen molar-refractivity contribution in [3.63, 3.8) is 0 Å². The van der Waals surface area contributed by atoms with Gasteiger partial charge in [0.25, 0.3) is 0 Å². The topological polar surface area (TPSA) is 76.7 Å². The second-order valence-electron chi connectivity index (χ2n) is 5.96. The molecular weight excluding hydrogens is 308 g/mol. The van der Waals surface area contributed by atoms with Gasteiger partial charge in [0.05, 0.1) is 0 Å². The second kappa shape index (κ2) is 7.99. The van der Waals surface area contributed by atoms with E-state index in [0.717, 1.165) is 35.8 Å². The number of aliphatic carboxylic acids is 1. The van der Waals surface area contributed by atoms with Crippen LogP contribution in [0.4, 0.5) is 0 Å². The number of rotatable bonds is 8. The highest BCUT2D eigenvalue weighted by molar-refractivity contribution is 5.82. The van der Waals surface area contributed by atoms with Gasteiger partial charge in [0.2, 0.25) is 0 Å². The molecule has 1 aromatic heterocycles. The number of unbranched alkanes of at least 4 members (excludes halogenated alkanes) is 2. The van der Waals surface area contributed by atoms with Gasteiger partial charge in [-0.15, -0.1) is 0 Å². The van der Waals surface area contributed by atoms with Gasteiger partial charge in [-0.25, -0.2) is 9.59 Å². The summed E-state index contributed by atoms with van der Waals surface area (Å²) in [6.45, 7) is 5.79. The molecule has 5 nitrogen and oxygen atoms in total. The Morgan fingerprint density at radius 2 is 2.04 bits per heavy atom. The first-order valence-electron chi connectivity index (χ1n) is 8.43. The Kier molecular flexibility index (Phi) is 6.01. The van der Waals surface area contributed by atoms with Gasteiger partial charge >= 0.3 is 11.6 Å². The summed E-state index contributed by atoms with van der Waals surface area (Å²) < 4.78 is 10.9. The van der Waals surface area contributed by atoms with Crippen LogP contribution in [0.15, 0.2) is 27.4 Å². The van der Waals surface area contributed by atoms with Gasteiger partial charge in [-0.05, 0) is 43.9 Å². The van der Waals surface area contributed by atoms with Crippen molar-refractivity contribution in [3.8, 4) is 5.75 Å². The Morgan fingerprint density at radius 1 is 1.29 bits per heavy atom.